The van der Waals surface area contributed by atoms with E-state index in [0.717, 1.165) is 5.69 Å². The lowest BCUT2D eigenvalue weighted by Crippen LogP contribution is -2.29. The van der Waals surface area contributed by atoms with Gasteiger partial charge in [-0.3, -0.25) is 21.2 Å². The molecule has 0 bridgehead atoms. The highest BCUT2D eigenvalue weighted by atomic mass is 19.4. The number of alkyl halides is 3. The van der Waals surface area contributed by atoms with Gasteiger partial charge in [0.05, 0.1) is 23.6 Å². The monoisotopic (exact) mass is 248 g/mol. The molecule has 0 spiro atoms. The van der Waals surface area contributed by atoms with Crippen LogP contribution in [0.2, 0.25) is 0 Å². The predicted molar refractivity (Wildman–Crippen MR) is 56.7 cm³/mol. The van der Waals surface area contributed by atoms with E-state index in [1.807, 2.05) is 0 Å². The summed E-state index contributed by atoms with van der Waals surface area (Å²) < 4.78 is 36.0. The van der Waals surface area contributed by atoms with Gasteiger partial charge in [-0.05, 0) is 19.8 Å². The van der Waals surface area contributed by atoms with Crippen molar-refractivity contribution < 1.29 is 13.2 Å². The summed E-state index contributed by atoms with van der Waals surface area (Å²) in [6.45, 7) is 1.78. The molecule has 0 amide bonds. The molecule has 3 N–H and O–H groups in total. The number of aromatic nitrogens is 2. The minimum absolute atomic E-state index is 0.00786. The molecule has 0 aliphatic rings. The van der Waals surface area contributed by atoms with E-state index in [4.69, 9.17) is 5.84 Å². The third-order valence-electron chi connectivity index (χ3n) is 2.31. The van der Waals surface area contributed by atoms with Gasteiger partial charge in [0.2, 0.25) is 0 Å². The molecule has 1 aromatic heterocycles. The van der Waals surface area contributed by atoms with Crippen molar-refractivity contribution >= 4 is 0 Å². The zero-order chi connectivity index (χ0) is 12.9. The molecular weight excluding hydrogens is 233 g/mol. The lowest BCUT2D eigenvalue weighted by Gasteiger charge is -2.15. The number of aryl methyl sites for hydroxylation is 1. The summed E-state index contributed by atoms with van der Waals surface area (Å²) in [5.41, 5.74) is 3.76. The number of hydrazine groups is 1. The first-order chi connectivity index (χ1) is 7.92. The number of hydrogen-bond acceptors (Lipinski definition) is 4. The molecule has 7 heteroatoms. The van der Waals surface area contributed by atoms with Gasteiger partial charge in [0.1, 0.15) is 0 Å². The summed E-state index contributed by atoms with van der Waals surface area (Å²) >= 11 is 0. The van der Waals surface area contributed by atoms with Crippen LogP contribution < -0.4 is 11.3 Å². The smallest absolute Gasteiger partial charge is 0.271 e. The fourth-order valence-corrected chi connectivity index (χ4v) is 1.41. The zero-order valence-electron chi connectivity index (χ0n) is 9.46. The Labute approximate surface area is 97.4 Å². The molecule has 0 radical (unpaired) electrons. The Morgan fingerprint density at radius 1 is 1.35 bits per heavy atom. The third kappa shape index (κ3) is 5.10. The minimum Gasteiger partial charge on any atom is -0.271 e. The summed E-state index contributed by atoms with van der Waals surface area (Å²) in [7, 11) is 0. The molecule has 0 fully saturated rings. The van der Waals surface area contributed by atoms with Gasteiger partial charge in [-0.25, -0.2) is 0 Å². The van der Waals surface area contributed by atoms with Crippen LogP contribution in [-0.4, -0.2) is 16.1 Å². The highest BCUT2D eigenvalue weighted by molar-refractivity contribution is 5.05. The number of nitrogens with one attached hydrogen (secondary N) is 1. The normalized spacial score (nSPS) is 13.7. The molecule has 1 unspecified atom stereocenters. The molecule has 1 heterocycles. The second kappa shape index (κ2) is 5.92. The first kappa shape index (κ1) is 13.9. The van der Waals surface area contributed by atoms with Crippen LogP contribution in [0.5, 0.6) is 0 Å². The lowest BCUT2D eigenvalue weighted by molar-refractivity contribution is -0.135. The fourth-order valence-electron chi connectivity index (χ4n) is 1.41. The number of hydrogen-bond donors (Lipinski definition) is 2. The molecule has 1 atom stereocenters. The van der Waals surface area contributed by atoms with Gasteiger partial charge in [0.25, 0.3) is 0 Å². The first-order valence-electron chi connectivity index (χ1n) is 5.24. The van der Waals surface area contributed by atoms with Crippen LogP contribution in [0.1, 0.15) is 36.7 Å². The molecule has 1 aromatic rings. The van der Waals surface area contributed by atoms with E-state index in [9.17, 15) is 13.2 Å². The molecular formula is C10H15F3N4. The highest BCUT2D eigenvalue weighted by Crippen LogP contribution is 2.25. The van der Waals surface area contributed by atoms with E-state index in [2.05, 4.69) is 15.4 Å². The Kier molecular flexibility index (Phi) is 4.83. The molecule has 0 saturated carbocycles. The van der Waals surface area contributed by atoms with Gasteiger partial charge in [-0.2, -0.15) is 13.2 Å². The van der Waals surface area contributed by atoms with Crippen LogP contribution in [0.15, 0.2) is 12.4 Å². The molecule has 4 nitrogen and oxygen atoms in total. The Hall–Kier alpha value is -1.21. The summed E-state index contributed by atoms with van der Waals surface area (Å²) in [5, 5.41) is 0. The first-order valence-corrected chi connectivity index (χ1v) is 5.24. The van der Waals surface area contributed by atoms with Gasteiger partial charge in [-0.15, -0.1) is 0 Å². The Bertz CT molecular complexity index is 336. The van der Waals surface area contributed by atoms with Crippen LogP contribution in [0.3, 0.4) is 0 Å². The van der Waals surface area contributed by atoms with Crippen LogP contribution in [0, 0.1) is 6.92 Å². The van der Waals surface area contributed by atoms with Crippen molar-refractivity contribution in [2.24, 2.45) is 5.84 Å². The van der Waals surface area contributed by atoms with E-state index in [0.29, 0.717) is 5.69 Å². The van der Waals surface area contributed by atoms with Crippen molar-refractivity contribution in [3.05, 3.63) is 23.8 Å². The summed E-state index contributed by atoms with van der Waals surface area (Å²) in [6, 6.07) is -0.398. The van der Waals surface area contributed by atoms with Crippen molar-refractivity contribution in [3.8, 4) is 0 Å². The van der Waals surface area contributed by atoms with E-state index in [-0.39, 0.29) is 12.8 Å². The van der Waals surface area contributed by atoms with Gasteiger partial charge in [0.15, 0.2) is 0 Å². The number of nitrogens with two attached hydrogens (primary N) is 1. The Balaban J connectivity index is 2.51. The van der Waals surface area contributed by atoms with Crippen molar-refractivity contribution in [1.82, 2.24) is 15.4 Å². The predicted octanol–water partition coefficient (Wildman–Crippen LogP) is 2.02. The van der Waals surface area contributed by atoms with E-state index in [1.165, 1.54) is 6.20 Å². The summed E-state index contributed by atoms with van der Waals surface area (Å²) in [5.74, 6) is 5.29. The van der Waals surface area contributed by atoms with Gasteiger partial charge in [0, 0.05) is 12.6 Å². The summed E-state index contributed by atoms with van der Waals surface area (Å²) in [4.78, 5) is 8.10. The molecule has 1 rings (SSSR count). The second-order valence-corrected chi connectivity index (χ2v) is 3.81. The molecule has 0 aliphatic carbocycles. The maximum Gasteiger partial charge on any atom is 0.389 e. The standard InChI is InChI=1S/C10H15F3N4/c1-7-5-16-9(6-15-7)8(17-14)3-2-4-10(11,12)13/h5-6,8,17H,2-4,14H2,1H3. The summed E-state index contributed by atoms with van der Waals surface area (Å²) in [6.07, 6.45) is -1.58. The van der Waals surface area contributed by atoms with Crippen LogP contribution in [0.4, 0.5) is 13.2 Å². The average Bonchev–Trinajstić information content (AvgIpc) is 2.24. The van der Waals surface area contributed by atoms with Crippen LogP contribution in [-0.2, 0) is 0 Å². The topological polar surface area (TPSA) is 63.8 Å². The molecule has 0 aromatic carbocycles. The third-order valence-corrected chi connectivity index (χ3v) is 2.31. The minimum atomic E-state index is -4.13. The average molecular weight is 248 g/mol. The Morgan fingerprint density at radius 3 is 2.53 bits per heavy atom. The van der Waals surface area contributed by atoms with Crippen LogP contribution >= 0.6 is 0 Å². The number of nitrogens with zero attached hydrogens (tertiary/aromatic N) is 2. The molecule has 17 heavy (non-hydrogen) atoms. The molecule has 0 aliphatic heterocycles. The van der Waals surface area contributed by atoms with E-state index >= 15 is 0 Å². The van der Waals surface area contributed by atoms with Gasteiger partial charge >= 0.3 is 6.18 Å². The fraction of sp³-hybridized carbons (Fsp3) is 0.600. The SMILES string of the molecule is Cc1cnc(C(CCCC(F)(F)F)NN)cn1. The van der Waals surface area contributed by atoms with E-state index in [1.54, 1.807) is 13.1 Å². The Morgan fingerprint density at radius 2 is 2.06 bits per heavy atom. The zero-order valence-corrected chi connectivity index (χ0v) is 9.46. The highest BCUT2D eigenvalue weighted by Gasteiger charge is 2.27. The maximum absolute atomic E-state index is 12.0. The van der Waals surface area contributed by atoms with Crippen molar-refractivity contribution in [1.29, 1.82) is 0 Å². The van der Waals surface area contributed by atoms with Crippen molar-refractivity contribution in [2.45, 2.75) is 38.4 Å². The quantitative estimate of drug-likeness (QED) is 0.618. The van der Waals surface area contributed by atoms with Crippen molar-refractivity contribution in [2.75, 3.05) is 0 Å². The second-order valence-electron chi connectivity index (χ2n) is 3.81. The molecule has 0 saturated heterocycles. The van der Waals surface area contributed by atoms with Crippen molar-refractivity contribution in [3.63, 3.8) is 0 Å². The largest absolute Gasteiger partial charge is 0.389 e. The number of rotatable bonds is 5. The van der Waals surface area contributed by atoms with Gasteiger partial charge in [-0.1, -0.05) is 0 Å². The van der Waals surface area contributed by atoms with Gasteiger partial charge < -0.3 is 0 Å². The number of halogens is 3. The molecule has 96 valence electrons. The maximum atomic E-state index is 12.0. The van der Waals surface area contributed by atoms with E-state index < -0.39 is 18.6 Å². The lowest BCUT2D eigenvalue weighted by atomic mass is 10.1. The van der Waals surface area contributed by atoms with Crippen LogP contribution in [0.25, 0.3) is 0 Å².